The third kappa shape index (κ3) is 5.39. The zero-order valence-electron chi connectivity index (χ0n) is 23.5. The Morgan fingerprint density at radius 3 is 2.77 bits per heavy atom. The molecule has 2 aromatic carbocycles. The van der Waals surface area contributed by atoms with Gasteiger partial charge in [-0.3, -0.25) is 4.79 Å². The van der Waals surface area contributed by atoms with E-state index in [1.54, 1.807) is 17.0 Å². The van der Waals surface area contributed by atoms with Crippen LogP contribution in [0.15, 0.2) is 48.1 Å². The fourth-order valence-corrected chi connectivity index (χ4v) is 6.85. The van der Waals surface area contributed by atoms with Gasteiger partial charge in [-0.1, -0.05) is 18.7 Å². The molecule has 12 heteroatoms. The molecule has 2 atom stereocenters. The molecule has 0 saturated carbocycles. The molecule has 8 nitrogen and oxygen atoms in total. The molecular weight excluding hydrogens is 577 g/mol. The number of ether oxygens (including phenoxy) is 1. The number of hydrogen-bond donors (Lipinski definition) is 0. The van der Waals surface area contributed by atoms with Crippen LogP contribution in [0.4, 0.5) is 19.0 Å². The van der Waals surface area contributed by atoms with Crippen LogP contribution in [0.3, 0.4) is 0 Å². The molecular formula is C31H29F3N6O2S. The van der Waals surface area contributed by atoms with E-state index in [9.17, 15) is 14.4 Å². The summed E-state index contributed by atoms with van der Waals surface area (Å²) in [5, 5.41) is 12.2. The van der Waals surface area contributed by atoms with Crippen LogP contribution in [0, 0.1) is 23.0 Å². The summed E-state index contributed by atoms with van der Waals surface area (Å²) in [5.41, 5.74) is 0.122. The molecule has 43 heavy (non-hydrogen) atoms. The number of carbonyl (C=O) groups is 1. The molecule has 2 aliphatic rings. The summed E-state index contributed by atoms with van der Waals surface area (Å²) in [6.07, 6.45) is 1.90. The number of anilines is 1. The fourth-order valence-electron chi connectivity index (χ4n) is 6.04. The summed E-state index contributed by atoms with van der Waals surface area (Å²) < 4.78 is 53.1. The number of thiophene rings is 1. The molecule has 6 rings (SSSR count). The van der Waals surface area contributed by atoms with Gasteiger partial charge in [-0.2, -0.15) is 15.2 Å². The first kappa shape index (κ1) is 28.9. The van der Waals surface area contributed by atoms with Crippen LogP contribution in [0.1, 0.15) is 19.3 Å². The molecule has 0 unspecified atom stereocenters. The molecule has 0 radical (unpaired) electrons. The van der Waals surface area contributed by atoms with E-state index in [2.05, 4.69) is 21.4 Å². The van der Waals surface area contributed by atoms with Gasteiger partial charge in [-0.25, -0.2) is 13.2 Å². The number of rotatable bonds is 7. The average Bonchev–Trinajstić information content (AvgIpc) is 3.65. The number of hydrogen-bond acceptors (Lipinski definition) is 8. The van der Waals surface area contributed by atoms with Crippen LogP contribution in [0.25, 0.3) is 32.1 Å². The number of benzene rings is 2. The molecule has 1 amide bonds. The summed E-state index contributed by atoms with van der Waals surface area (Å²) >= 11 is 1.48. The Morgan fingerprint density at radius 2 is 2.02 bits per heavy atom. The topological polar surface area (TPSA) is 85.6 Å². The molecule has 0 spiro atoms. The standard InChI is InChI=1S/C31H29F3N6O2S/c1-18(32)30(41)40-13-12-39(16-19(40)8-10-35)29-23-15-24(33)26(22-6-3-7-25-21(22)9-14-43-25)27(34)28(23)36-31(37-29)42-17-20-5-4-11-38(20)2/h3,6-7,9,14-15,19-20H,1,4-5,8,11-13,16-17H2,2H3/t19-,20-/m0/s1. The zero-order valence-corrected chi connectivity index (χ0v) is 24.3. The first-order valence-electron chi connectivity index (χ1n) is 14.0. The van der Waals surface area contributed by atoms with Gasteiger partial charge in [0.1, 0.15) is 23.8 Å². The predicted octanol–water partition coefficient (Wildman–Crippen LogP) is 5.68. The number of amides is 1. The molecule has 2 aliphatic heterocycles. The van der Waals surface area contributed by atoms with Crippen LogP contribution >= 0.6 is 11.3 Å². The summed E-state index contributed by atoms with van der Waals surface area (Å²) in [6.45, 7) is 4.67. The predicted molar refractivity (Wildman–Crippen MR) is 160 cm³/mol. The largest absolute Gasteiger partial charge is 0.462 e. The highest BCUT2D eigenvalue weighted by molar-refractivity contribution is 7.17. The van der Waals surface area contributed by atoms with Gasteiger partial charge in [0.2, 0.25) is 0 Å². The number of piperazine rings is 1. The second-order valence-electron chi connectivity index (χ2n) is 10.9. The van der Waals surface area contributed by atoms with Crippen LogP contribution in [-0.4, -0.2) is 77.6 Å². The Kier molecular flexibility index (Phi) is 7.94. The van der Waals surface area contributed by atoms with Crippen LogP contribution in [0.5, 0.6) is 6.01 Å². The van der Waals surface area contributed by atoms with Crippen molar-refractivity contribution in [2.45, 2.75) is 31.3 Å². The number of nitriles is 1. The quantitative estimate of drug-likeness (QED) is 0.251. The third-order valence-electron chi connectivity index (χ3n) is 8.29. The van der Waals surface area contributed by atoms with Crippen LogP contribution < -0.4 is 9.64 Å². The van der Waals surface area contributed by atoms with Gasteiger partial charge in [0, 0.05) is 41.1 Å². The first-order chi connectivity index (χ1) is 20.8. The molecule has 2 saturated heterocycles. The Labute approximate surface area is 250 Å². The molecule has 0 bridgehead atoms. The highest BCUT2D eigenvalue weighted by Gasteiger charge is 2.34. The lowest BCUT2D eigenvalue weighted by Gasteiger charge is -2.41. The number of halogens is 3. The average molecular weight is 607 g/mol. The smallest absolute Gasteiger partial charge is 0.319 e. The van der Waals surface area contributed by atoms with Crippen molar-refractivity contribution in [3.05, 3.63) is 59.8 Å². The van der Waals surface area contributed by atoms with Crippen molar-refractivity contribution in [3.63, 3.8) is 0 Å². The van der Waals surface area contributed by atoms with Gasteiger partial charge >= 0.3 is 6.01 Å². The fraction of sp³-hybridized carbons (Fsp3) is 0.355. The number of nitrogens with zero attached hydrogens (tertiary/aromatic N) is 6. The van der Waals surface area contributed by atoms with Crippen molar-refractivity contribution in [1.82, 2.24) is 19.8 Å². The Bertz CT molecular complexity index is 1770. The summed E-state index contributed by atoms with van der Waals surface area (Å²) in [6, 6.07) is 9.84. The maximum atomic E-state index is 16.5. The van der Waals surface area contributed by atoms with E-state index in [0.717, 1.165) is 29.5 Å². The Hall–Kier alpha value is -4.21. The van der Waals surface area contributed by atoms with Gasteiger partial charge < -0.3 is 19.4 Å². The van der Waals surface area contributed by atoms with E-state index in [4.69, 9.17) is 4.74 Å². The third-order valence-corrected chi connectivity index (χ3v) is 9.17. The van der Waals surface area contributed by atoms with Crippen molar-refractivity contribution >= 4 is 44.1 Å². The Morgan fingerprint density at radius 1 is 1.19 bits per heavy atom. The number of carbonyl (C=O) groups excluding carboxylic acids is 1. The van der Waals surface area contributed by atoms with Gasteiger partial charge in [0.15, 0.2) is 11.6 Å². The molecule has 4 aromatic rings. The lowest BCUT2D eigenvalue weighted by Crippen LogP contribution is -2.55. The summed E-state index contributed by atoms with van der Waals surface area (Å²) in [4.78, 5) is 26.7. The van der Waals surface area contributed by atoms with Crippen molar-refractivity contribution in [3.8, 4) is 23.2 Å². The van der Waals surface area contributed by atoms with Crippen molar-refractivity contribution in [2.75, 3.05) is 44.7 Å². The lowest BCUT2D eigenvalue weighted by atomic mass is 9.99. The summed E-state index contributed by atoms with van der Waals surface area (Å²) in [7, 11) is 2.01. The highest BCUT2D eigenvalue weighted by atomic mass is 32.1. The van der Waals surface area contributed by atoms with Gasteiger partial charge in [0.05, 0.1) is 24.1 Å². The van der Waals surface area contributed by atoms with E-state index >= 15 is 8.78 Å². The molecule has 0 aliphatic carbocycles. The van der Waals surface area contributed by atoms with Crippen LogP contribution in [-0.2, 0) is 4.79 Å². The Balaban J connectivity index is 1.46. The molecule has 2 aromatic heterocycles. The number of likely N-dealkylation sites (N-methyl/N-ethyl adjacent to an activating group) is 1. The van der Waals surface area contributed by atoms with Crippen LogP contribution in [0.2, 0.25) is 0 Å². The molecule has 222 valence electrons. The minimum Gasteiger partial charge on any atom is -0.462 e. The van der Waals surface area contributed by atoms with E-state index in [0.29, 0.717) is 12.2 Å². The number of fused-ring (bicyclic) bond motifs is 2. The number of aromatic nitrogens is 2. The molecule has 0 N–H and O–H groups in total. The van der Waals surface area contributed by atoms with Crippen molar-refractivity contribution in [1.29, 1.82) is 5.26 Å². The van der Waals surface area contributed by atoms with E-state index in [-0.39, 0.29) is 60.4 Å². The van der Waals surface area contributed by atoms with E-state index in [1.165, 1.54) is 22.3 Å². The second-order valence-corrected chi connectivity index (χ2v) is 11.8. The normalized spacial score (nSPS) is 19.2. The van der Waals surface area contributed by atoms with E-state index in [1.807, 2.05) is 30.6 Å². The van der Waals surface area contributed by atoms with E-state index < -0.39 is 29.4 Å². The monoisotopic (exact) mass is 606 g/mol. The number of likely N-dealkylation sites (tertiary alicyclic amines) is 1. The molecule has 4 heterocycles. The SMILES string of the molecule is C=C(F)C(=O)N1CCN(c2nc(OC[C@@H]3CCCN3C)nc3c(F)c(-c4cccc5sccc45)c(F)cc23)C[C@@H]1CC#N. The van der Waals surface area contributed by atoms with Crippen molar-refractivity contribution in [2.24, 2.45) is 0 Å². The highest BCUT2D eigenvalue weighted by Crippen LogP contribution is 2.39. The first-order valence-corrected chi connectivity index (χ1v) is 14.9. The van der Waals surface area contributed by atoms with Gasteiger partial charge in [-0.15, -0.1) is 11.3 Å². The van der Waals surface area contributed by atoms with Gasteiger partial charge in [-0.05, 0) is 55.6 Å². The minimum atomic E-state index is -1.12. The molecule has 2 fully saturated rings. The summed E-state index contributed by atoms with van der Waals surface area (Å²) in [5.74, 6) is -3.40. The maximum Gasteiger partial charge on any atom is 0.319 e. The maximum absolute atomic E-state index is 16.5. The van der Waals surface area contributed by atoms with Crippen molar-refractivity contribution < 1.29 is 22.7 Å². The lowest BCUT2D eigenvalue weighted by molar-refractivity contribution is -0.131. The van der Waals surface area contributed by atoms with Gasteiger partial charge in [0.25, 0.3) is 5.91 Å². The zero-order chi connectivity index (χ0) is 30.2. The second kappa shape index (κ2) is 11.8. The minimum absolute atomic E-state index is 0.0551.